The normalized spacial score (nSPS) is 16.3. The molecule has 0 radical (unpaired) electrons. The van der Waals surface area contributed by atoms with Gasteiger partial charge in [0.2, 0.25) is 10.0 Å². The van der Waals surface area contributed by atoms with E-state index in [1.807, 2.05) is 13.1 Å². The summed E-state index contributed by atoms with van der Waals surface area (Å²) >= 11 is 0. The molecule has 7 heteroatoms. The molecule has 0 atom stereocenters. The van der Waals surface area contributed by atoms with Crippen LogP contribution in [0.1, 0.15) is 36.3 Å². The molecule has 1 aromatic heterocycles. The van der Waals surface area contributed by atoms with Crippen molar-refractivity contribution in [3.05, 3.63) is 47.3 Å². The van der Waals surface area contributed by atoms with Crippen LogP contribution in [0.2, 0.25) is 0 Å². The minimum absolute atomic E-state index is 0.0112. The van der Waals surface area contributed by atoms with Gasteiger partial charge in [0, 0.05) is 37.4 Å². The lowest BCUT2D eigenvalue weighted by Gasteiger charge is -2.37. The molecular weight excluding hydrogens is 329 g/mol. The first kappa shape index (κ1) is 17.1. The Hall–Kier alpha value is -1.73. The van der Waals surface area contributed by atoms with Gasteiger partial charge in [-0.2, -0.15) is 4.31 Å². The van der Waals surface area contributed by atoms with E-state index in [1.54, 1.807) is 6.92 Å². The summed E-state index contributed by atoms with van der Waals surface area (Å²) in [6.45, 7) is 7.38. The second-order valence-corrected chi connectivity index (χ2v) is 8.28. The first-order chi connectivity index (χ1) is 11.3. The molecule has 2 heterocycles. The standard InChI is InChI=1S/C17H22FN3O2S/c1-4-7-21-13(3)9-19-17(21)14-10-20(11-14)24(22,23)15-6-5-12(2)16(18)8-15/h5-6,8-9,14H,4,7,10-11H2,1-3H3. The van der Waals surface area contributed by atoms with Crippen molar-refractivity contribution < 1.29 is 12.8 Å². The Bertz CT molecular complexity index is 855. The van der Waals surface area contributed by atoms with E-state index in [2.05, 4.69) is 16.5 Å². The monoisotopic (exact) mass is 351 g/mol. The zero-order valence-electron chi connectivity index (χ0n) is 14.2. The molecule has 1 aliphatic heterocycles. The van der Waals surface area contributed by atoms with Gasteiger partial charge in [-0.15, -0.1) is 0 Å². The fourth-order valence-electron chi connectivity index (χ4n) is 3.00. The van der Waals surface area contributed by atoms with Crippen molar-refractivity contribution in [1.29, 1.82) is 0 Å². The molecule has 0 saturated carbocycles. The van der Waals surface area contributed by atoms with Crippen LogP contribution in [0, 0.1) is 19.7 Å². The van der Waals surface area contributed by atoms with Crippen LogP contribution in [0.25, 0.3) is 0 Å². The Morgan fingerprint density at radius 1 is 1.29 bits per heavy atom. The van der Waals surface area contributed by atoms with E-state index in [0.29, 0.717) is 18.7 Å². The van der Waals surface area contributed by atoms with E-state index < -0.39 is 15.8 Å². The maximum absolute atomic E-state index is 13.7. The molecule has 0 amide bonds. The van der Waals surface area contributed by atoms with Gasteiger partial charge in [-0.25, -0.2) is 17.8 Å². The van der Waals surface area contributed by atoms with Crippen LogP contribution in [-0.2, 0) is 16.6 Å². The number of benzene rings is 1. The van der Waals surface area contributed by atoms with Crippen LogP contribution in [0.15, 0.2) is 29.3 Å². The quantitative estimate of drug-likeness (QED) is 0.832. The molecule has 130 valence electrons. The van der Waals surface area contributed by atoms with E-state index in [0.717, 1.165) is 30.6 Å². The molecular formula is C17H22FN3O2S. The third-order valence-corrected chi connectivity index (χ3v) is 6.36. The van der Waals surface area contributed by atoms with Crippen LogP contribution < -0.4 is 0 Å². The van der Waals surface area contributed by atoms with E-state index in [-0.39, 0.29) is 10.8 Å². The van der Waals surface area contributed by atoms with Crippen molar-refractivity contribution in [1.82, 2.24) is 13.9 Å². The Kier molecular flexibility index (Phi) is 4.48. The molecule has 1 aliphatic rings. The topological polar surface area (TPSA) is 55.2 Å². The lowest BCUT2D eigenvalue weighted by molar-refractivity contribution is 0.250. The summed E-state index contributed by atoms with van der Waals surface area (Å²) in [6, 6.07) is 4.06. The number of sulfonamides is 1. The van der Waals surface area contributed by atoms with Crippen molar-refractivity contribution in [3.8, 4) is 0 Å². The fourth-order valence-corrected chi connectivity index (χ4v) is 4.54. The zero-order valence-corrected chi connectivity index (χ0v) is 15.0. The predicted molar refractivity (Wildman–Crippen MR) is 89.9 cm³/mol. The number of aryl methyl sites for hydroxylation is 2. The number of nitrogens with zero attached hydrogens (tertiary/aromatic N) is 3. The molecule has 24 heavy (non-hydrogen) atoms. The molecule has 3 rings (SSSR count). The highest BCUT2D eigenvalue weighted by molar-refractivity contribution is 7.89. The van der Waals surface area contributed by atoms with Crippen LogP contribution in [0.3, 0.4) is 0 Å². The van der Waals surface area contributed by atoms with Gasteiger partial charge in [0.25, 0.3) is 0 Å². The highest BCUT2D eigenvalue weighted by Gasteiger charge is 2.39. The second kappa shape index (κ2) is 6.29. The summed E-state index contributed by atoms with van der Waals surface area (Å²) < 4.78 is 42.4. The number of hydrogen-bond acceptors (Lipinski definition) is 3. The fraction of sp³-hybridized carbons (Fsp3) is 0.471. The average molecular weight is 351 g/mol. The maximum atomic E-state index is 13.7. The van der Waals surface area contributed by atoms with Gasteiger partial charge in [-0.3, -0.25) is 0 Å². The van der Waals surface area contributed by atoms with Crippen molar-refractivity contribution in [2.45, 2.75) is 44.6 Å². The van der Waals surface area contributed by atoms with E-state index in [9.17, 15) is 12.8 Å². The Balaban J connectivity index is 1.77. The highest BCUT2D eigenvalue weighted by atomic mass is 32.2. The maximum Gasteiger partial charge on any atom is 0.243 e. The van der Waals surface area contributed by atoms with Crippen LogP contribution >= 0.6 is 0 Å². The van der Waals surface area contributed by atoms with E-state index >= 15 is 0 Å². The largest absolute Gasteiger partial charge is 0.332 e. The summed E-state index contributed by atoms with van der Waals surface area (Å²) in [7, 11) is -3.64. The Labute approximate surface area is 142 Å². The SMILES string of the molecule is CCCn1c(C)cnc1C1CN(S(=O)(=O)c2ccc(C)c(F)c2)C1. The summed E-state index contributed by atoms with van der Waals surface area (Å²) in [5.41, 5.74) is 1.53. The summed E-state index contributed by atoms with van der Waals surface area (Å²) in [6.07, 6.45) is 2.83. The lowest BCUT2D eigenvalue weighted by atomic mass is 10.0. The molecule has 0 unspecified atom stereocenters. The predicted octanol–water partition coefficient (Wildman–Crippen LogP) is 2.84. The Morgan fingerprint density at radius 2 is 2.00 bits per heavy atom. The smallest absolute Gasteiger partial charge is 0.243 e. The van der Waals surface area contributed by atoms with Crippen LogP contribution in [-0.4, -0.2) is 35.4 Å². The minimum Gasteiger partial charge on any atom is -0.332 e. The van der Waals surface area contributed by atoms with Gasteiger partial charge in [-0.05, 0) is 38.0 Å². The number of hydrogen-bond donors (Lipinski definition) is 0. The zero-order chi connectivity index (χ0) is 17.5. The van der Waals surface area contributed by atoms with Gasteiger partial charge in [0.15, 0.2) is 0 Å². The minimum atomic E-state index is -3.64. The van der Waals surface area contributed by atoms with Gasteiger partial charge in [0.05, 0.1) is 4.90 Å². The number of rotatable bonds is 5. The van der Waals surface area contributed by atoms with E-state index in [1.165, 1.54) is 16.4 Å². The van der Waals surface area contributed by atoms with Crippen LogP contribution in [0.5, 0.6) is 0 Å². The molecule has 0 N–H and O–H groups in total. The third kappa shape index (κ3) is 2.86. The number of halogens is 1. The third-order valence-electron chi connectivity index (χ3n) is 4.53. The van der Waals surface area contributed by atoms with Gasteiger partial charge in [0.1, 0.15) is 11.6 Å². The second-order valence-electron chi connectivity index (χ2n) is 6.34. The molecule has 1 aromatic carbocycles. The van der Waals surface area contributed by atoms with Crippen molar-refractivity contribution in [2.24, 2.45) is 0 Å². The summed E-state index contributed by atoms with van der Waals surface area (Å²) in [5.74, 6) is 0.536. The highest BCUT2D eigenvalue weighted by Crippen LogP contribution is 2.32. The van der Waals surface area contributed by atoms with Crippen molar-refractivity contribution in [3.63, 3.8) is 0 Å². The lowest BCUT2D eigenvalue weighted by Crippen LogP contribution is -2.49. The molecule has 1 saturated heterocycles. The average Bonchev–Trinajstić information content (AvgIpc) is 2.82. The Morgan fingerprint density at radius 3 is 2.62 bits per heavy atom. The molecule has 0 spiro atoms. The summed E-state index contributed by atoms with van der Waals surface area (Å²) in [5, 5.41) is 0. The molecule has 2 aromatic rings. The van der Waals surface area contributed by atoms with Gasteiger partial charge >= 0.3 is 0 Å². The van der Waals surface area contributed by atoms with Crippen molar-refractivity contribution in [2.75, 3.05) is 13.1 Å². The van der Waals surface area contributed by atoms with E-state index in [4.69, 9.17) is 0 Å². The first-order valence-corrected chi connectivity index (χ1v) is 9.57. The van der Waals surface area contributed by atoms with Crippen molar-refractivity contribution >= 4 is 10.0 Å². The number of aromatic nitrogens is 2. The molecule has 1 fully saturated rings. The number of imidazole rings is 1. The van der Waals surface area contributed by atoms with Crippen LogP contribution in [0.4, 0.5) is 4.39 Å². The van der Waals surface area contributed by atoms with Gasteiger partial charge in [-0.1, -0.05) is 13.0 Å². The summed E-state index contributed by atoms with van der Waals surface area (Å²) in [4.78, 5) is 4.46. The molecule has 5 nitrogen and oxygen atoms in total. The first-order valence-electron chi connectivity index (χ1n) is 8.13. The van der Waals surface area contributed by atoms with Gasteiger partial charge < -0.3 is 4.57 Å². The molecule has 0 bridgehead atoms. The molecule has 0 aliphatic carbocycles.